The number of methoxy groups -OCH3 is 1. The minimum absolute atomic E-state index is 0.0433. The van der Waals surface area contributed by atoms with E-state index in [0.717, 1.165) is 0 Å². The molecule has 0 spiro atoms. The standard InChI is InChI=1S/C15H14Cl2O4S/c1-9-8-14(10(2)7-13(9)20-3)22(18,19)21-15-11(16)5-4-6-12(15)17/h4-8H,1-3H3. The van der Waals surface area contributed by atoms with E-state index < -0.39 is 10.1 Å². The molecule has 0 aromatic heterocycles. The smallest absolute Gasteiger partial charge is 0.339 e. The Labute approximate surface area is 139 Å². The molecule has 0 aliphatic carbocycles. The maximum atomic E-state index is 12.5. The van der Waals surface area contributed by atoms with Gasteiger partial charge in [-0.1, -0.05) is 29.3 Å². The van der Waals surface area contributed by atoms with Gasteiger partial charge in [-0.05, 0) is 49.2 Å². The maximum Gasteiger partial charge on any atom is 0.339 e. The number of benzene rings is 2. The van der Waals surface area contributed by atoms with Crippen LogP contribution in [0, 0.1) is 13.8 Å². The van der Waals surface area contributed by atoms with Gasteiger partial charge in [0.2, 0.25) is 0 Å². The fourth-order valence-electron chi connectivity index (χ4n) is 1.97. The fourth-order valence-corrected chi connectivity index (χ4v) is 3.80. The van der Waals surface area contributed by atoms with Crippen LogP contribution in [-0.2, 0) is 10.1 Å². The lowest BCUT2D eigenvalue weighted by Crippen LogP contribution is -2.12. The summed E-state index contributed by atoms with van der Waals surface area (Å²) < 4.78 is 35.3. The monoisotopic (exact) mass is 360 g/mol. The molecule has 0 amide bonds. The Kier molecular flexibility index (Phi) is 4.90. The molecule has 0 aliphatic heterocycles. The quantitative estimate of drug-likeness (QED) is 0.758. The second kappa shape index (κ2) is 6.36. The number of halogens is 2. The first-order valence-corrected chi connectivity index (χ1v) is 8.46. The Bertz CT molecular complexity index is 796. The summed E-state index contributed by atoms with van der Waals surface area (Å²) in [6.07, 6.45) is 0. The summed E-state index contributed by atoms with van der Waals surface area (Å²) in [5.41, 5.74) is 1.19. The van der Waals surface area contributed by atoms with Gasteiger partial charge in [-0.25, -0.2) is 0 Å². The van der Waals surface area contributed by atoms with Crippen molar-refractivity contribution in [3.63, 3.8) is 0 Å². The highest BCUT2D eigenvalue weighted by Crippen LogP contribution is 2.35. The van der Waals surface area contributed by atoms with Crippen molar-refractivity contribution in [2.75, 3.05) is 7.11 Å². The van der Waals surface area contributed by atoms with Crippen molar-refractivity contribution in [2.45, 2.75) is 18.7 Å². The third-order valence-corrected chi connectivity index (χ3v) is 5.03. The molecule has 0 bridgehead atoms. The Morgan fingerprint density at radius 2 is 1.59 bits per heavy atom. The summed E-state index contributed by atoms with van der Waals surface area (Å²) in [6.45, 7) is 3.41. The van der Waals surface area contributed by atoms with Crippen LogP contribution in [0.3, 0.4) is 0 Å². The molecular formula is C15H14Cl2O4S. The Balaban J connectivity index is 2.50. The van der Waals surface area contributed by atoms with Gasteiger partial charge in [-0.2, -0.15) is 8.42 Å². The molecule has 0 fully saturated rings. The molecule has 0 radical (unpaired) electrons. The summed E-state index contributed by atoms with van der Waals surface area (Å²) in [4.78, 5) is 0.0433. The Morgan fingerprint density at radius 3 is 2.14 bits per heavy atom. The summed E-state index contributed by atoms with van der Waals surface area (Å²) >= 11 is 11.9. The first-order valence-electron chi connectivity index (χ1n) is 6.30. The molecule has 0 heterocycles. The minimum Gasteiger partial charge on any atom is -0.496 e. The highest BCUT2D eigenvalue weighted by molar-refractivity contribution is 7.87. The predicted octanol–water partition coefficient (Wildman–Crippen LogP) is 4.39. The van der Waals surface area contributed by atoms with Crippen molar-refractivity contribution < 1.29 is 17.3 Å². The molecule has 22 heavy (non-hydrogen) atoms. The van der Waals surface area contributed by atoms with E-state index in [9.17, 15) is 8.42 Å². The van der Waals surface area contributed by atoms with Crippen LogP contribution >= 0.6 is 23.2 Å². The summed E-state index contributed by atoms with van der Waals surface area (Å²) in [5, 5.41) is 0.248. The minimum atomic E-state index is -4.06. The van der Waals surface area contributed by atoms with Crippen LogP contribution in [0.2, 0.25) is 10.0 Å². The molecule has 2 rings (SSSR count). The van der Waals surface area contributed by atoms with Crippen LogP contribution in [0.5, 0.6) is 11.5 Å². The summed E-state index contributed by atoms with van der Waals surface area (Å²) in [7, 11) is -2.54. The van der Waals surface area contributed by atoms with Crippen LogP contribution in [0.1, 0.15) is 11.1 Å². The van der Waals surface area contributed by atoms with Crippen LogP contribution in [0.15, 0.2) is 35.2 Å². The third-order valence-electron chi connectivity index (χ3n) is 3.07. The Morgan fingerprint density at radius 1 is 1.00 bits per heavy atom. The maximum absolute atomic E-state index is 12.5. The van der Waals surface area contributed by atoms with Gasteiger partial charge in [-0.3, -0.25) is 0 Å². The van der Waals surface area contributed by atoms with Crippen molar-refractivity contribution in [1.29, 1.82) is 0 Å². The first-order chi connectivity index (χ1) is 10.3. The van der Waals surface area contributed by atoms with E-state index in [1.807, 2.05) is 0 Å². The number of hydrogen-bond acceptors (Lipinski definition) is 4. The summed E-state index contributed by atoms with van der Waals surface area (Å²) in [5.74, 6) is 0.519. The fraction of sp³-hybridized carbons (Fsp3) is 0.200. The second-order valence-corrected chi connectivity index (χ2v) is 7.00. The van der Waals surface area contributed by atoms with Crippen LogP contribution in [0.25, 0.3) is 0 Å². The third kappa shape index (κ3) is 3.32. The lowest BCUT2D eigenvalue weighted by molar-refractivity contribution is 0.410. The van der Waals surface area contributed by atoms with Crippen molar-refractivity contribution in [3.05, 3.63) is 51.5 Å². The van der Waals surface area contributed by atoms with Crippen molar-refractivity contribution in [3.8, 4) is 11.5 Å². The van der Waals surface area contributed by atoms with Crippen LogP contribution in [0.4, 0.5) is 0 Å². The lowest BCUT2D eigenvalue weighted by atomic mass is 10.1. The average Bonchev–Trinajstić information content (AvgIpc) is 2.45. The molecule has 4 nitrogen and oxygen atoms in total. The second-order valence-electron chi connectivity index (χ2n) is 4.68. The van der Waals surface area contributed by atoms with Crippen LogP contribution in [-0.4, -0.2) is 15.5 Å². The number of ether oxygens (including phenoxy) is 1. The van der Waals surface area contributed by atoms with Crippen LogP contribution < -0.4 is 8.92 Å². The summed E-state index contributed by atoms with van der Waals surface area (Å²) in [6, 6.07) is 7.75. The average molecular weight is 361 g/mol. The van der Waals surface area contributed by atoms with Gasteiger partial charge in [0.1, 0.15) is 10.6 Å². The highest BCUT2D eigenvalue weighted by atomic mass is 35.5. The van der Waals surface area contributed by atoms with Gasteiger partial charge in [0, 0.05) is 0 Å². The van der Waals surface area contributed by atoms with E-state index in [-0.39, 0.29) is 20.7 Å². The van der Waals surface area contributed by atoms with Gasteiger partial charge in [0.05, 0.1) is 17.2 Å². The van der Waals surface area contributed by atoms with E-state index in [2.05, 4.69) is 0 Å². The predicted molar refractivity (Wildman–Crippen MR) is 86.7 cm³/mol. The number of hydrogen-bond donors (Lipinski definition) is 0. The molecule has 118 valence electrons. The van der Waals surface area contributed by atoms with E-state index in [4.69, 9.17) is 32.1 Å². The molecule has 0 saturated heterocycles. The van der Waals surface area contributed by atoms with Gasteiger partial charge in [0.25, 0.3) is 0 Å². The highest BCUT2D eigenvalue weighted by Gasteiger charge is 2.23. The van der Waals surface area contributed by atoms with Crippen molar-refractivity contribution in [1.82, 2.24) is 0 Å². The lowest BCUT2D eigenvalue weighted by Gasteiger charge is -2.14. The van der Waals surface area contributed by atoms with E-state index in [1.165, 1.54) is 25.3 Å². The molecule has 2 aromatic carbocycles. The topological polar surface area (TPSA) is 52.6 Å². The molecule has 0 atom stereocenters. The van der Waals surface area contributed by atoms with Gasteiger partial charge in [0.15, 0.2) is 5.75 Å². The zero-order valence-electron chi connectivity index (χ0n) is 12.2. The molecule has 0 N–H and O–H groups in total. The number of para-hydroxylation sites is 1. The number of aryl methyl sites for hydroxylation is 2. The normalized spacial score (nSPS) is 11.3. The van der Waals surface area contributed by atoms with E-state index in [0.29, 0.717) is 16.9 Å². The first kappa shape index (κ1) is 16.9. The van der Waals surface area contributed by atoms with E-state index in [1.54, 1.807) is 26.0 Å². The molecule has 2 aromatic rings. The molecule has 0 unspecified atom stereocenters. The Hall–Kier alpha value is -1.43. The van der Waals surface area contributed by atoms with Crippen molar-refractivity contribution in [2.24, 2.45) is 0 Å². The molecular weight excluding hydrogens is 347 g/mol. The van der Waals surface area contributed by atoms with Crippen molar-refractivity contribution >= 4 is 33.3 Å². The number of rotatable bonds is 4. The molecule has 0 aliphatic rings. The van der Waals surface area contributed by atoms with Gasteiger partial charge < -0.3 is 8.92 Å². The van der Waals surface area contributed by atoms with Gasteiger partial charge >= 0.3 is 10.1 Å². The van der Waals surface area contributed by atoms with E-state index >= 15 is 0 Å². The SMILES string of the molecule is COc1cc(C)c(S(=O)(=O)Oc2c(Cl)cccc2Cl)cc1C. The largest absolute Gasteiger partial charge is 0.496 e. The van der Waals surface area contributed by atoms with Gasteiger partial charge in [-0.15, -0.1) is 0 Å². The zero-order valence-corrected chi connectivity index (χ0v) is 14.5. The molecule has 0 saturated carbocycles. The molecule has 7 heteroatoms. The zero-order chi connectivity index (χ0) is 16.5.